The number of halogens is 1. The number of benzene rings is 2. The minimum atomic E-state index is -0.255. The maximum Gasteiger partial charge on any atom is 0.257 e. The molecule has 2 aliphatic rings. The van der Waals surface area contributed by atoms with E-state index in [1.165, 1.54) is 0 Å². The van der Waals surface area contributed by atoms with Crippen LogP contribution in [0.5, 0.6) is 11.6 Å². The van der Waals surface area contributed by atoms with Gasteiger partial charge in [-0.1, -0.05) is 41.9 Å². The highest BCUT2D eigenvalue weighted by atomic mass is 35.5. The van der Waals surface area contributed by atoms with E-state index in [9.17, 15) is 4.79 Å². The molecule has 1 saturated heterocycles. The van der Waals surface area contributed by atoms with Gasteiger partial charge in [0, 0.05) is 55.0 Å². The molecule has 2 aromatic heterocycles. The first kappa shape index (κ1) is 26.6. The van der Waals surface area contributed by atoms with Crippen LogP contribution in [0.15, 0.2) is 54.7 Å². The maximum absolute atomic E-state index is 14.3. The fourth-order valence-electron chi connectivity index (χ4n) is 5.61. The monoisotopic (exact) mass is 561 g/mol. The van der Waals surface area contributed by atoms with Crippen molar-refractivity contribution in [3.05, 3.63) is 87.7 Å². The molecule has 1 atom stereocenters. The van der Waals surface area contributed by atoms with Gasteiger partial charge in [0.05, 0.1) is 54.6 Å². The number of rotatable bonds is 9. The van der Waals surface area contributed by atoms with Gasteiger partial charge < -0.3 is 28.4 Å². The fraction of sp³-hybridized carbons (Fsp3) is 0.355. The number of hydrogen-bond acceptors (Lipinski definition) is 6. The van der Waals surface area contributed by atoms with E-state index in [1.807, 2.05) is 55.6 Å². The van der Waals surface area contributed by atoms with Gasteiger partial charge in [0.1, 0.15) is 12.4 Å². The van der Waals surface area contributed by atoms with Gasteiger partial charge in [-0.3, -0.25) is 4.79 Å². The Hall–Kier alpha value is -3.59. The second-order valence-electron chi connectivity index (χ2n) is 10.3. The van der Waals surface area contributed by atoms with Crippen molar-refractivity contribution >= 4 is 28.4 Å². The van der Waals surface area contributed by atoms with Gasteiger partial charge in [-0.15, -0.1) is 0 Å². The van der Waals surface area contributed by atoms with Gasteiger partial charge >= 0.3 is 0 Å². The highest BCUT2D eigenvalue weighted by Crippen LogP contribution is 2.41. The molecule has 1 fully saturated rings. The van der Waals surface area contributed by atoms with E-state index in [0.717, 1.165) is 27.7 Å². The van der Waals surface area contributed by atoms with Crippen LogP contribution in [0.25, 0.3) is 10.9 Å². The Morgan fingerprint density at radius 1 is 1.12 bits per heavy atom. The van der Waals surface area contributed by atoms with E-state index in [2.05, 4.69) is 15.6 Å². The minimum absolute atomic E-state index is 0.148. The lowest BCUT2D eigenvalue weighted by Crippen LogP contribution is -2.35. The van der Waals surface area contributed by atoms with Crippen molar-refractivity contribution in [1.82, 2.24) is 14.5 Å². The fourth-order valence-corrected chi connectivity index (χ4v) is 5.94. The van der Waals surface area contributed by atoms with Crippen LogP contribution in [-0.2, 0) is 29.2 Å². The number of pyridine rings is 1. The lowest BCUT2D eigenvalue weighted by atomic mass is 9.91. The number of ether oxygens (including phenoxy) is 4. The van der Waals surface area contributed by atoms with Gasteiger partial charge in [-0.25, -0.2) is 4.98 Å². The normalized spacial score (nSPS) is 16.1. The molecule has 40 heavy (non-hydrogen) atoms. The smallest absolute Gasteiger partial charge is 0.257 e. The molecule has 208 valence electrons. The van der Waals surface area contributed by atoms with E-state index >= 15 is 0 Å². The second-order valence-corrected chi connectivity index (χ2v) is 10.7. The molecule has 1 amide bonds. The summed E-state index contributed by atoms with van der Waals surface area (Å²) >= 11 is 7.07. The van der Waals surface area contributed by atoms with E-state index in [1.54, 1.807) is 19.1 Å². The molecule has 0 saturated carbocycles. The lowest BCUT2D eigenvalue weighted by molar-refractivity contribution is -0.105. The van der Waals surface area contributed by atoms with Crippen LogP contribution >= 0.6 is 11.6 Å². The molecular formula is C31H32ClN3O5. The molecule has 8 nitrogen and oxygen atoms in total. The van der Waals surface area contributed by atoms with Crippen LogP contribution in [0, 0.1) is 12.8 Å². The Kier molecular flexibility index (Phi) is 7.40. The number of hydrogen-bond donors (Lipinski definition) is 0. The molecular weight excluding hydrogens is 530 g/mol. The standard InChI is InChI=1S/C31H32ClN3O5/c1-19-13-25(37-2)24(30(33-19)40-16-20-7-5-4-6-8-20)15-35-12-11-34-10-9-21-14-23(29(38-3)22-17-39-18-22)27(32)26(28(21)34)31(35)36/h4-10,13-14,22,29H,11-12,15-18H2,1-3H3. The molecule has 9 heteroatoms. The van der Waals surface area contributed by atoms with Crippen molar-refractivity contribution in [2.45, 2.75) is 32.7 Å². The molecule has 0 aliphatic carbocycles. The van der Waals surface area contributed by atoms with Gasteiger partial charge in [0.25, 0.3) is 5.91 Å². The predicted molar refractivity (Wildman–Crippen MR) is 152 cm³/mol. The molecule has 1 unspecified atom stereocenters. The Morgan fingerprint density at radius 3 is 2.62 bits per heavy atom. The largest absolute Gasteiger partial charge is 0.496 e. The predicted octanol–water partition coefficient (Wildman–Crippen LogP) is 5.58. The molecule has 4 heterocycles. The summed E-state index contributed by atoms with van der Waals surface area (Å²) in [5.41, 5.74) is 4.66. The Balaban J connectivity index is 1.37. The summed E-state index contributed by atoms with van der Waals surface area (Å²) in [6.45, 7) is 4.84. The number of amides is 1. The SMILES string of the molecule is COc1cc(C)nc(OCc2ccccc2)c1CN1CCn2ccc3cc(C(OC)C4COC4)c(Cl)c(c32)C1=O. The molecule has 2 aromatic carbocycles. The van der Waals surface area contributed by atoms with Crippen molar-refractivity contribution in [2.75, 3.05) is 34.0 Å². The third-order valence-electron chi connectivity index (χ3n) is 7.74. The number of nitrogens with zero attached hydrogens (tertiary/aromatic N) is 3. The van der Waals surface area contributed by atoms with Gasteiger partial charge in [-0.05, 0) is 24.6 Å². The van der Waals surface area contributed by atoms with Gasteiger partial charge in [0.2, 0.25) is 5.88 Å². The second kappa shape index (κ2) is 11.1. The lowest BCUT2D eigenvalue weighted by Gasteiger charge is -2.34. The van der Waals surface area contributed by atoms with Crippen LogP contribution in [0.3, 0.4) is 0 Å². The first-order valence-corrected chi connectivity index (χ1v) is 13.8. The zero-order valence-electron chi connectivity index (χ0n) is 22.9. The summed E-state index contributed by atoms with van der Waals surface area (Å²) in [7, 11) is 3.29. The third-order valence-corrected chi connectivity index (χ3v) is 8.15. The number of aryl methyl sites for hydroxylation is 1. The van der Waals surface area contributed by atoms with Crippen molar-refractivity contribution in [3.8, 4) is 11.6 Å². The van der Waals surface area contributed by atoms with Crippen LogP contribution in [0.1, 0.15) is 38.8 Å². The molecule has 0 bridgehead atoms. The van der Waals surface area contributed by atoms with Gasteiger partial charge in [-0.2, -0.15) is 0 Å². The van der Waals surface area contributed by atoms with Crippen molar-refractivity contribution in [2.24, 2.45) is 5.92 Å². The molecule has 0 radical (unpaired) electrons. The van der Waals surface area contributed by atoms with E-state index in [4.69, 9.17) is 30.5 Å². The van der Waals surface area contributed by atoms with Crippen molar-refractivity contribution < 1.29 is 23.7 Å². The average Bonchev–Trinajstić information content (AvgIpc) is 3.28. The van der Waals surface area contributed by atoms with Crippen LogP contribution in [-0.4, -0.2) is 54.3 Å². The summed E-state index contributed by atoms with van der Waals surface area (Å²) in [5, 5.41) is 1.39. The van der Waals surface area contributed by atoms with Gasteiger partial charge in [0.15, 0.2) is 0 Å². The quantitative estimate of drug-likeness (QED) is 0.266. The van der Waals surface area contributed by atoms with Crippen LogP contribution < -0.4 is 9.47 Å². The summed E-state index contributed by atoms with van der Waals surface area (Å²) in [6, 6.07) is 15.9. The van der Waals surface area contributed by atoms with E-state index in [-0.39, 0.29) is 24.5 Å². The number of aromatic nitrogens is 2. The number of carbonyl (C=O) groups excluding carboxylic acids is 1. The average molecular weight is 562 g/mol. The first-order chi connectivity index (χ1) is 19.5. The molecule has 0 N–H and O–H groups in total. The minimum Gasteiger partial charge on any atom is -0.496 e. The molecule has 2 aliphatic heterocycles. The Bertz CT molecular complexity index is 1550. The maximum atomic E-state index is 14.3. The first-order valence-electron chi connectivity index (χ1n) is 13.4. The third kappa shape index (κ3) is 4.80. The Morgan fingerprint density at radius 2 is 1.93 bits per heavy atom. The highest BCUT2D eigenvalue weighted by molar-refractivity contribution is 6.36. The number of methoxy groups -OCH3 is 2. The summed E-state index contributed by atoms with van der Waals surface area (Å²) in [6.07, 6.45) is 1.76. The topological polar surface area (TPSA) is 75.1 Å². The molecule has 0 spiro atoms. The van der Waals surface area contributed by atoms with Crippen LogP contribution in [0.2, 0.25) is 5.02 Å². The van der Waals surface area contributed by atoms with E-state index in [0.29, 0.717) is 60.7 Å². The molecule has 4 aromatic rings. The highest BCUT2D eigenvalue weighted by Gasteiger charge is 2.35. The Labute approximate surface area is 238 Å². The van der Waals surface area contributed by atoms with Crippen molar-refractivity contribution in [3.63, 3.8) is 0 Å². The zero-order chi connectivity index (χ0) is 27.8. The summed E-state index contributed by atoms with van der Waals surface area (Å²) in [5.74, 6) is 1.12. The zero-order valence-corrected chi connectivity index (χ0v) is 23.6. The molecule has 6 rings (SSSR count). The van der Waals surface area contributed by atoms with Crippen molar-refractivity contribution in [1.29, 1.82) is 0 Å². The van der Waals surface area contributed by atoms with Crippen LogP contribution in [0.4, 0.5) is 0 Å². The summed E-state index contributed by atoms with van der Waals surface area (Å²) < 4.78 is 25.3. The van der Waals surface area contributed by atoms with E-state index < -0.39 is 0 Å². The number of carbonyl (C=O) groups is 1. The summed E-state index contributed by atoms with van der Waals surface area (Å²) in [4.78, 5) is 20.8.